The predicted octanol–water partition coefficient (Wildman–Crippen LogP) is 4.44. The van der Waals surface area contributed by atoms with Crippen LogP contribution in [0, 0.1) is 0 Å². The number of anilines is 1. The smallest absolute Gasteiger partial charge is 0.195 e. The van der Waals surface area contributed by atoms with Gasteiger partial charge in [-0.2, -0.15) is 0 Å². The summed E-state index contributed by atoms with van der Waals surface area (Å²) >= 11 is 0. The van der Waals surface area contributed by atoms with Gasteiger partial charge in [0.2, 0.25) is 0 Å². The van der Waals surface area contributed by atoms with Crippen LogP contribution in [0.3, 0.4) is 0 Å². The Morgan fingerprint density at radius 2 is 1.96 bits per heavy atom. The first-order chi connectivity index (χ1) is 12.8. The van der Waals surface area contributed by atoms with E-state index in [1.807, 2.05) is 25.1 Å². The van der Waals surface area contributed by atoms with Crippen LogP contribution in [-0.4, -0.2) is 45.5 Å². The number of halogens is 1. The molecule has 1 aliphatic rings. The van der Waals surface area contributed by atoms with Crippen molar-refractivity contribution in [3.05, 3.63) is 18.2 Å². The fourth-order valence-electron chi connectivity index (χ4n) is 3.03. The van der Waals surface area contributed by atoms with E-state index in [-0.39, 0.29) is 24.0 Å². The summed E-state index contributed by atoms with van der Waals surface area (Å²) in [6.07, 6.45) is 6.45. The second kappa shape index (κ2) is 13.9. The minimum Gasteiger partial charge on any atom is -0.493 e. The van der Waals surface area contributed by atoms with Crippen LogP contribution >= 0.6 is 24.0 Å². The Kier molecular flexibility index (Phi) is 12.2. The van der Waals surface area contributed by atoms with E-state index in [4.69, 9.17) is 14.2 Å². The standard InChI is InChI=1S/C20H33N3O3.HI/c1-4-21-20(22-13-8-14-26-17-9-6-7-10-17)23-16-11-12-18(24-3)19(15-16)25-5-2;/h11-12,15,17H,4-10,13-14H2,1-3H3,(H2,21,22,23);1H. The minimum absolute atomic E-state index is 0. The molecule has 2 rings (SSSR count). The summed E-state index contributed by atoms with van der Waals surface area (Å²) in [5.74, 6) is 2.21. The summed E-state index contributed by atoms with van der Waals surface area (Å²) in [6, 6.07) is 5.78. The molecule has 1 aliphatic carbocycles. The molecule has 0 aromatic heterocycles. The second-order valence-corrected chi connectivity index (χ2v) is 6.32. The van der Waals surface area contributed by atoms with Gasteiger partial charge >= 0.3 is 0 Å². The zero-order valence-electron chi connectivity index (χ0n) is 16.8. The summed E-state index contributed by atoms with van der Waals surface area (Å²) < 4.78 is 16.8. The van der Waals surface area contributed by atoms with Crippen LogP contribution in [0.5, 0.6) is 11.5 Å². The van der Waals surface area contributed by atoms with E-state index in [0.29, 0.717) is 12.7 Å². The van der Waals surface area contributed by atoms with Crippen LogP contribution in [0.2, 0.25) is 0 Å². The number of methoxy groups -OCH3 is 1. The van der Waals surface area contributed by atoms with E-state index in [1.165, 1.54) is 25.7 Å². The van der Waals surface area contributed by atoms with Crippen molar-refractivity contribution in [2.75, 3.05) is 38.7 Å². The molecule has 1 fully saturated rings. The molecule has 0 amide bonds. The Morgan fingerprint density at radius 3 is 2.63 bits per heavy atom. The maximum absolute atomic E-state index is 5.89. The first kappa shape index (κ1) is 23.8. The number of nitrogens with zero attached hydrogens (tertiary/aromatic N) is 1. The third-order valence-electron chi connectivity index (χ3n) is 4.30. The Bertz CT molecular complexity index is 563. The van der Waals surface area contributed by atoms with Gasteiger partial charge < -0.3 is 24.8 Å². The monoisotopic (exact) mass is 491 g/mol. The molecule has 1 aromatic rings. The van der Waals surface area contributed by atoms with Gasteiger partial charge in [-0.1, -0.05) is 12.8 Å². The van der Waals surface area contributed by atoms with Crippen molar-refractivity contribution < 1.29 is 14.2 Å². The predicted molar refractivity (Wildman–Crippen MR) is 122 cm³/mol. The number of benzene rings is 1. The van der Waals surface area contributed by atoms with Crippen LogP contribution in [0.4, 0.5) is 5.69 Å². The molecule has 0 radical (unpaired) electrons. The third-order valence-corrected chi connectivity index (χ3v) is 4.30. The maximum atomic E-state index is 5.89. The van der Waals surface area contributed by atoms with Gasteiger partial charge in [-0.05, 0) is 45.2 Å². The van der Waals surface area contributed by atoms with E-state index < -0.39 is 0 Å². The minimum atomic E-state index is 0. The lowest BCUT2D eigenvalue weighted by atomic mass is 10.2. The molecule has 0 spiro atoms. The topological polar surface area (TPSA) is 64.1 Å². The summed E-state index contributed by atoms with van der Waals surface area (Å²) in [4.78, 5) is 4.63. The van der Waals surface area contributed by atoms with Crippen molar-refractivity contribution in [1.29, 1.82) is 0 Å². The van der Waals surface area contributed by atoms with Gasteiger partial charge in [-0.25, -0.2) is 0 Å². The van der Waals surface area contributed by atoms with Crippen LogP contribution in [-0.2, 0) is 4.74 Å². The molecule has 0 unspecified atom stereocenters. The molecule has 7 heteroatoms. The van der Waals surface area contributed by atoms with Crippen LogP contribution in [0.25, 0.3) is 0 Å². The van der Waals surface area contributed by atoms with Crippen LogP contribution < -0.4 is 20.1 Å². The van der Waals surface area contributed by atoms with Crippen molar-refractivity contribution in [3.8, 4) is 11.5 Å². The highest BCUT2D eigenvalue weighted by atomic mass is 127. The summed E-state index contributed by atoms with van der Waals surface area (Å²) in [7, 11) is 1.64. The highest BCUT2D eigenvalue weighted by Gasteiger charge is 2.14. The largest absolute Gasteiger partial charge is 0.493 e. The molecular formula is C20H34IN3O3. The number of ether oxygens (including phenoxy) is 3. The molecule has 1 aromatic carbocycles. The first-order valence-electron chi connectivity index (χ1n) is 9.74. The van der Waals surface area contributed by atoms with Gasteiger partial charge in [0.25, 0.3) is 0 Å². The van der Waals surface area contributed by atoms with E-state index in [0.717, 1.165) is 49.3 Å². The quantitative estimate of drug-likeness (QED) is 0.219. The fourth-order valence-corrected chi connectivity index (χ4v) is 3.03. The van der Waals surface area contributed by atoms with Crippen molar-refractivity contribution in [2.24, 2.45) is 4.99 Å². The molecule has 1 saturated carbocycles. The number of rotatable bonds is 10. The van der Waals surface area contributed by atoms with Gasteiger partial charge in [0.15, 0.2) is 17.5 Å². The lowest BCUT2D eigenvalue weighted by molar-refractivity contribution is 0.0579. The van der Waals surface area contributed by atoms with Crippen molar-refractivity contribution in [2.45, 2.75) is 52.1 Å². The summed E-state index contributed by atoms with van der Waals surface area (Å²) in [5, 5.41) is 6.59. The van der Waals surface area contributed by atoms with Crippen molar-refractivity contribution >= 4 is 35.6 Å². The van der Waals surface area contributed by atoms with Gasteiger partial charge in [-0.15, -0.1) is 24.0 Å². The van der Waals surface area contributed by atoms with Gasteiger partial charge in [0, 0.05) is 31.5 Å². The summed E-state index contributed by atoms with van der Waals surface area (Å²) in [5.41, 5.74) is 0.913. The molecule has 2 N–H and O–H groups in total. The lowest BCUT2D eigenvalue weighted by Crippen LogP contribution is -2.30. The SMILES string of the molecule is CCNC(=NCCCOC1CCCC1)Nc1ccc(OC)c(OCC)c1.I. The molecule has 0 bridgehead atoms. The van der Waals surface area contributed by atoms with E-state index in [1.54, 1.807) is 7.11 Å². The molecule has 0 aliphatic heterocycles. The second-order valence-electron chi connectivity index (χ2n) is 6.32. The molecule has 0 heterocycles. The highest BCUT2D eigenvalue weighted by molar-refractivity contribution is 14.0. The van der Waals surface area contributed by atoms with Crippen LogP contribution in [0.1, 0.15) is 46.0 Å². The highest BCUT2D eigenvalue weighted by Crippen LogP contribution is 2.30. The van der Waals surface area contributed by atoms with Crippen molar-refractivity contribution in [1.82, 2.24) is 5.32 Å². The van der Waals surface area contributed by atoms with Gasteiger partial charge in [0.05, 0.1) is 19.8 Å². The zero-order chi connectivity index (χ0) is 18.6. The Balaban J connectivity index is 0.00000364. The molecular weight excluding hydrogens is 457 g/mol. The van der Waals surface area contributed by atoms with E-state index in [2.05, 4.69) is 22.5 Å². The lowest BCUT2D eigenvalue weighted by Gasteiger charge is -2.14. The normalized spacial score (nSPS) is 14.6. The first-order valence-corrected chi connectivity index (χ1v) is 9.74. The van der Waals surface area contributed by atoms with E-state index >= 15 is 0 Å². The molecule has 6 nitrogen and oxygen atoms in total. The molecule has 27 heavy (non-hydrogen) atoms. The average Bonchev–Trinajstić information content (AvgIpc) is 3.15. The van der Waals surface area contributed by atoms with E-state index in [9.17, 15) is 0 Å². The average molecular weight is 491 g/mol. The molecule has 0 saturated heterocycles. The Hall–Kier alpha value is -1.22. The van der Waals surface area contributed by atoms with Gasteiger partial charge in [0.1, 0.15) is 0 Å². The number of nitrogens with one attached hydrogen (secondary N) is 2. The number of guanidine groups is 1. The third kappa shape index (κ3) is 8.55. The number of aliphatic imine (C=N–C) groups is 1. The maximum Gasteiger partial charge on any atom is 0.195 e. The fraction of sp³-hybridized carbons (Fsp3) is 0.650. The number of hydrogen-bond acceptors (Lipinski definition) is 4. The van der Waals surface area contributed by atoms with Gasteiger partial charge in [-0.3, -0.25) is 4.99 Å². The Labute approximate surface area is 180 Å². The van der Waals surface area contributed by atoms with Crippen molar-refractivity contribution in [3.63, 3.8) is 0 Å². The zero-order valence-corrected chi connectivity index (χ0v) is 19.1. The molecule has 154 valence electrons. The Morgan fingerprint density at radius 1 is 1.19 bits per heavy atom. The van der Waals surface area contributed by atoms with Crippen LogP contribution in [0.15, 0.2) is 23.2 Å². The summed E-state index contributed by atoms with van der Waals surface area (Å²) in [6.45, 7) is 6.92. The number of hydrogen-bond donors (Lipinski definition) is 2. The molecule has 0 atom stereocenters.